The first-order valence-corrected chi connectivity index (χ1v) is 12.9. The minimum absolute atomic E-state index is 0.274. The lowest BCUT2D eigenvalue weighted by atomic mass is 9.71. The lowest BCUT2D eigenvalue weighted by Gasteiger charge is -2.49. The molecule has 4 nitrogen and oxygen atoms in total. The van der Waals surface area contributed by atoms with Crippen LogP contribution in [0.5, 0.6) is 0 Å². The summed E-state index contributed by atoms with van der Waals surface area (Å²) in [6.45, 7) is 14.7. The largest absolute Gasteiger partial charge is 0.391 e. The van der Waals surface area contributed by atoms with Crippen LogP contribution in [0.25, 0.3) is 0 Å². The second-order valence-electron chi connectivity index (χ2n) is 8.58. The summed E-state index contributed by atoms with van der Waals surface area (Å²) in [5.74, 6) is -1.04. The minimum Gasteiger partial charge on any atom is -0.391 e. The van der Waals surface area contributed by atoms with Crippen molar-refractivity contribution in [2.45, 2.75) is 97.9 Å². The molecule has 0 radical (unpaired) electrons. The first-order chi connectivity index (χ1) is 15.6. The zero-order valence-corrected chi connectivity index (χ0v) is 21.3. The molecule has 0 bridgehead atoms. The Morgan fingerprint density at radius 3 is 1.91 bits per heavy atom. The number of unbranched alkanes of at least 4 members (excludes halogenated alkanes) is 5. The van der Waals surface area contributed by atoms with Gasteiger partial charge in [0.2, 0.25) is 0 Å². The van der Waals surface area contributed by atoms with Gasteiger partial charge in [-0.2, -0.15) is 0 Å². The molecule has 1 aromatic carbocycles. The zero-order valence-electron chi connectivity index (χ0n) is 21.3. The number of benzene rings is 1. The third kappa shape index (κ3) is 9.25. The van der Waals surface area contributed by atoms with Crippen LogP contribution in [0.4, 0.5) is 0 Å². The monoisotopic (exact) mass is 447 g/mol. The maximum absolute atomic E-state index is 6.42. The van der Waals surface area contributed by atoms with E-state index in [0.717, 1.165) is 38.6 Å². The molecule has 1 N–H and O–H groups in total. The van der Waals surface area contributed by atoms with Gasteiger partial charge in [0.25, 0.3) is 5.97 Å². The Labute approximate surface area is 198 Å². The molecule has 0 aliphatic heterocycles. The van der Waals surface area contributed by atoms with Crippen LogP contribution in [-0.2, 0) is 20.6 Å². The molecule has 1 aromatic rings. The Kier molecular flexibility index (Phi) is 15.4. The van der Waals surface area contributed by atoms with E-state index in [2.05, 4.69) is 49.2 Å². The molecular formula is C28H49NO3. The van der Waals surface area contributed by atoms with Gasteiger partial charge in [0.1, 0.15) is 0 Å². The van der Waals surface area contributed by atoms with Crippen LogP contribution in [0.3, 0.4) is 0 Å². The molecule has 0 saturated heterocycles. The predicted molar refractivity (Wildman–Crippen MR) is 136 cm³/mol. The van der Waals surface area contributed by atoms with Crippen LogP contribution in [0, 0.1) is 5.41 Å². The van der Waals surface area contributed by atoms with Crippen LogP contribution in [0.2, 0.25) is 0 Å². The summed E-state index contributed by atoms with van der Waals surface area (Å²) >= 11 is 0. The third-order valence-corrected chi connectivity index (χ3v) is 6.17. The molecule has 4 heteroatoms. The van der Waals surface area contributed by atoms with Gasteiger partial charge in [-0.05, 0) is 58.2 Å². The molecular weight excluding hydrogens is 398 g/mol. The van der Waals surface area contributed by atoms with Crippen molar-refractivity contribution in [3.05, 3.63) is 48.7 Å². The number of ether oxygens (including phenoxy) is 3. The molecule has 0 unspecified atom stereocenters. The predicted octanol–water partition coefficient (Wildman–Crippen LogP) is 7.24. The lowest BCUT2D eigenvalue weighted by molar-refractivity contribution is -0.430. The van der Waals surface area contributed by atoms with E-state index in [4.69, 9.17) is 14.2 Å². The first-order valence-electron chi connectivity index (χ1n) is 12.9. The van der Waals surface area contributed by atoms with E-state index >= 15 is 0 Å². The molecule has 0 spiro atoms. The van der Waals surface area contributed by atoms with Crippen LogP contribution < -0.4 is 5.32 Å². The highest BCUT2D eigenvalue weighted by Crippen LogP contribution is 2.48. The molecule has 0 heterocycles. The van der Waals surface area contributed by atoms with E-state index in [1.165, 1.54) is 37.7 Å². The fraction of sp³-hybridized carbons (Fsp3) is 0.714. The van der Waals surface area contributed by atoms with Crippen LogP contribution in [0.1, 0.15) is 91.0 Å². The van der Waals surface area contributed by atoms with Gasteiger partial charge in [-0.3, -0.25) is 0 Å². The summed E-state index contributed by atoms with van der Waals surface area (Å²) in [5, 5.41) is 3.26. The lowest BCUT2D eigenvalue weighted by Crippen LogP contribution is -2.56. The quantitative estimate of drug-likeness (QED) is 0.159. The second-order valence-corrected chi connectivity index (χ2v) is 8.58. The van der Waals surface area contributed by atoms with Crippen LogP contribution in [0.15, 0.2) is 43.1 Å². The summed E-state index contributed by atoms with van der Waals surface area (Å²) in [7, 11) is 0. The van der Waals surface area contributed by atoms with Gasteiger partial charge in [0.05, 0.1) is 5.41 Å². The molecule has 1 rings (SSSR count). The van der Waals surface area contributed by atoms with Crippen molar-refractivity contribution in [1.82, 2.24) is 5.32 Å². The number of rotatable bonds is 21. The average Bonchev–Trinajstić information content (AvgIpc) is 2.80. The van der Waals surface area contributed by atoms with Gasteiger partial charge >= 0.3 is 0 Å². The highest BCUT2D eigenvalue weighted by molar-refractivity contribution is 5.17. The van der Waals surface area contributed by atoms with E-state index in [1.807, 2.05) is 20.8 Å². The molecule has 0 fully saturated rings. The Balaban J connectivity index is 3.29. The average molecular weight is 448 g/mol. The van der Waals surface area contributed by atoms with Crippen LogP contribution >= 0.6 is 0 Å². The summed E-state index contributed by atoms with van der Waals surface area (Å²) in [5.41, 5.74) is 1.03. The molecule has 32 heavy (non-hydrogen) atoms. The first kappa shape index (κ1) is 28.7. The van der Waals surface area contributed by atoms with Gasteiger partial charge in [-0.1, -0.05) is 82.4 Å². The number of hydrogen-bond donors (Lipinski definition) is 1. The van der Waals surface area contributed by atoms with E-state index in [0.29, 0.717) is 19.8 Å². The van der Waals surface area contributed by atoms with E-state index in [1.54, 1.807) is 6.20 Å². The smallest absolute Gasteiger partial charge is 0.289 e. The summed E-state index contributed by atoms with van der Waals surface area (Å²) in [4.78, 5) is 0. The second kappa shape index (κ2) is 17.2. The molecule has 0 amide bonds. The minimum atomic E-state index is -1.04. The topological polar surface area (TPSA) is 39.7 Å². The molecule has 1 atom stereocenters. The van der Waals surface area contributed by atoms with Gasteiger partial charge < -0.3 is 19.5 Å². The fourth-order valence-corrected chi connectivity index (χ4v) is 4.73. The van der Waals surface area contributed by atoms with Gasteiger partial charge in [-0.15, -0.1) is 0 Å². The van der Waals surface area contributed by atoms with E-state index in [9.17, 15) is 0 Å². The molecule has 184 valence electrons. The Bertz CT molecular complexity index is 560. The maximum Gasteiger partial charge on any atom is 0.289 e. The molecule has 0 saturated carbocycles. The summed E-state index contributed by atoms with van der Waals surface area (Å²) in [6, 6.07) is 10.7. The normalized spacial score (nSPS) is 13.6. The van der Waals surface area contributed by atoms with Crippen molar-refractivity contribution in [2.75, 3.05) is 26.4 Å². The summed E-state index contributed by atoms with van der Waals surface area (Å²) in [6.07, 6.45) is 13.2. The highest BCUT2D eigenvalue weighted by atomic mass is 16.9. The third-order valence-electron chi connectivity index (χ3n) is 6.17. The van der Waals surface area contributed by atoms with Gasteiger partial charge in [0, 0.05) is 26.4 Å². The van der Waals surface area contributed by atoms with Crippen molar-refractivity contribution in [2.24, 2.45) is 5.41 Å². The van der Waals surface area contributed by atoms with Gasteiger partial charge in [0.15, 0.2) is 0 Å². The van der Waals surface area contributed by atoms with Crippen molar-refractivity contribution in [1.29, 1.82) is 0 Å². The standard InChI is InChI=1S/C28H49NO3/c1-6-11-12-13-14-18-22-27(23-19-24-29-7-2,25-26-20-16-15-17-21-26)28(30-8-3,31-9-4)32-10-5/h7,15-17,20-21,29H,2,6,8-14,18-19,22-25H2,1,3-5H3/t27-/m1/s1. The van der Waals surface area contributed by atoms with E-state index in [-0.39, 0.29) is 5.41 Å². The zero-order chi connectivity index (χ0) is 23.5. The maximum atomic E-state index is 6.42. The Morgan fingerprint density at radius 2 is 1.34 bits per heavy atom. The molecule has 0 aromatic heterocycles. The van der Waals surface area contributed by atoms with Crippen molar-refractivity contribution in [3.63, 3.8) is 0 Å². The Morgan fingerprint density at radius 1 is 0.781 bits per heavy atom. The molecule has 0 aliphatic carbocycles. The summed E-state index contributed by atoms with van der Waals surface area (Å²) < 4.78 is 19.2. The van der Waals surface area contributed by atoms with Crippen molar-refractivity contribution in [3.8, 4) is 0 Å². The van der Waals surface area contributed by atoms with Crippen LogP contribution in [-0.4, -0.2) is 32.3 Å². The van der Waals surface area contributed by atoms with Crippen molar-refractivity contribution >= 4 is 0 Å². The molecule has 0 aliphatic rings. The number of hydrogen-bond acceptors (Lipinski definition) is 4. The highest BCUT2D eigenvalue weighted by Gasteiger charge is 2.54. The van der Waals surface area contributed by atoms with Crippen molar-refractivity contribution < 1.29 is 14.2 Å². The number of nitrogens with one attached hydrogen (secondary N) is 1. The van der Waals surface area contributed by atoms with E-state index < -0.39 is 5.97 Å². The fourth-order valence-electron chi connectivity index (χ4n) is 4.73. The van der Waals surface area contributed by atoms with Gasteiger partial charge in [-0.25, -0.2) is 0 Å². The Hall–Kier alpha value is -1.36. The SMILES string of the molecule is C=CNCCC[C@](CCCCCCCC)(Cc1ccccc1)C(OCC)(OCC)OCC.